The van der Waals surface area contributed by atoms with E-state index in [1.165, 1.54) is 12.0 Å². The summed E-state index contributed by atoms with van der Waals surface area (Å²) in [6.45, 7) is 4.71. The Hall–Kier alpha value is -0.608. The molecule has 0 unspecified atom stereocenters. The molecule has 0 amide bonds. The summed E-state index contributed by atoms with van der Waals surface area (Å²) in [6.07, 6.45) is 17.4. The second kappa shape index (κ2) is 5.94. The van der Waals surface area contributed by atoms with Crippen molar-refractivity contribution in [2.45, 2.75) is 64.4 Å². The second-order valence-electron chi connectivity index (χ2n) is 9.39. The molecule has 1 aromatic heterocycles. The van der Waals surface area contributed by atoms with E-state index >= 15 is 0 Å². The molecule has 4 aliphatic rings. The van der Waals surface area contributed by atoms with Crippen molar-refractivity contribution >= 4 is 33.4 Å². The van der Waals surface area contributed by atoms with E-state index in [2.05, 4.69) is 31.0 Å². The first kappa shape index (κ1) is 18.7. The maximum absolute atomic E-state index is 11.1. The fraction of sp³-hybridized carbons (Fsp3) is 0.682. The summed E-state index contributed by atoms with van der Waals surface area (Å²) in [4.78, 5) is 0. The Morgan fingerprint density at radius 3 is 2.77 bits per heavy atom. The molecule has 0 bridgehead atoms. The van der Waals surface area contributed by atoms with Gasteiger partial charge in [0, 0.05) is 11.0 Å². The van der Waals surface area contributed by atoms with Gasteiger partial charge in [0.05, 0.1) is 6.20 Å². The van der Waals surface area contributed by atoms with Gasteiger partial charge in [0.15, 0.2) is 5.76 Å². The number of terminal acetylenes is 1. The average molecular weight is 547 g/mol. The van der Waals surface area contributed by atoms with E-state index in [1.54, 1.807) is 5.57 Å². The maximum atomic E-state index is 11.1. The standard InChI is InChI=1S/C22H27NO2.Pb.2H/c1-4-22(24)10-8-18-16-6-5-15-11-19-14(13-23-25-19)12-20(15,2)17(16)7-9-21(18,22)3;;;/h1,11,13,16-18,24H,5-10,12H2,2-3H3;;;/t16-,17+,18+,20+,21+,22+;;;/m1.../s1. The molecule has 3 saturated carbocycles. The molecule has 0 spiro atoms. The van der Waals surface area contributed by atoms with Gasteiger partial charge in [0.25, 0.3) is 0 Å². The summed E-state index contributed by atoms with van der Waals surface area (Å²) < 4.78 is 5.43. The summed E-state index contributed by atoms with van der Waals surface area (Å²) in [6, 6.07) is 0. The molecule has 1 N–H and O–H groups in total. The van der Waals surface area contributed by atoms with Gasteiger partial charge < -0.3 is 9.63 Å². The van der Waals surface area contributed by atoms with Crippen LogP contribution in [0.4, 0.5) is 0 Å². The van der Waals surface area contributed by atoms with Crippen LogP contribution in [0.5, 0.6) is 0 Å². The fourth-order valence-corrected chi connectivity index (χ4v) is 7.14. The molecular weight excluding hydrogens is 517 g/mol. The molecule has 1 heterocycles. The van der Waals surface area contributed by atoms with Crippen molar-refractivity contribution in [3.63, 3.8) is 0 Å². The van der Waals surface area contributed by atoms with Crippen molar-refractivity contribution in [2.24, 2.45) is 28.6 Å². The van der Waals surface area contributed by atoms with Gasteiger partial charge in [0.2, 0.25) is 0 Å². The van der Waals surface area contributed by atoms with E-state index in [-0.39, 0.29) is 38.1 Å². The van der Waals surface area contributed by atoms with Crippen molar-refractivity contribution < 1.29 is 9.63 Å². The molecule has 2 radical (unpaired) electrons. The minimum absolute atomic E-state index is 0. The summed E-state index contributed by atoms with van der Waals surface area (Å²) in [7, 11) is 0. The van der Waals surface area contributed by atoms with Gasteiger partial charge in [-0.05, 0) is 74.2 Å². The van der Waals surface area contributed by atoms with Crippen LogP contribution < -0.4 is 0 Å². The third-order valence-electron chi connectivity index (χ3n) is 8.67. The monoisotopic (exact) mass is 547 g/mol. The molecule has 1 aromatic rings. The van der Waals surface area contributed by atoms with Crippen LogP contribution >= 0.6 is 0 Å². The predicted molar refractivity (Wildman–Crippen MR) is 105 cm³/mol. The third kappa shape index (κ3) is 2.18. The fourth-order valence-electron chi connectivity index (χ4n) is 7.14. The summed E-state index contributed by atoms with van der Waals surface area (Å²) >= 11 is 0. The van der Waals surface area contributed by atoms with E-state index in [0.717, 1.165) is 44.3 Å². The van der Waals surface area contributed by atoms with Crippen molar-refractivity contribution in [3.8, 4) is 12.3 Å². The first-order chi connectivity index (χ1) is 11.9. The molecule has 0 saturated heterocycles. The van der Waals surface area contributed by atoms with E-state index in [1.807, 2.05) is 6.20 Å². The average Bonchev–Trinajstić information content (AvgIpc) is 3.14. The van der Waals surface area contributed by atoms with E-state index < -0.39 is 5.60 Å². The first-order valence-electron chi connectivity index (χ1n) is 9.76. The zero-order valence-corrected chi connectivity index (χ0v) is 21.4. The number of rotatable bonds is 0. The third-order valence-corrected chi connectivity index (χ3v) is 8.67. The Bertz CT molecular complexity index is 807. The number of allylic oxidation sites excluding steroid dienone is 1. The van der Waals surface area contributed by atoms with Gasteiger partial charge in [-0.2, -0.15) is 0 Å². The molecule has 6 atom stereocenters. The van der Waals surface area contributed by atoms with E-state index in [9.17, 15) is 5.11 Å². The number of hydrogen-bond acceptors (Lipinski definition) is 3. The molecule has 4 heteroatoms. The van der Waals surface area contributed by atoms with Gasteiger partial charge in [-0.3, -0.25) is 0 Å². The minimum atomic E-state index is -0.909. The van der Waals surface area contributed by atoms with Crippen LogP contribution in [0.3, 0.4) is 0 Å². The van der Waals surface area contributed by atoms with Crippen molar-refractivity contribution in [2.75, 3.05) is 0 Å². The number of aliphatic hydroxyl groups is 1. The SMILES string of the molecule is C#C[C@]1(O)CC[C@H]2[C@@H]3CCC4=Cc5oncc5C[C@]4(C)[C@H]3CC[C@@]21C.[PbH2]. The van der Waals surface area contributed by atoms with Crippen LogP contribution in [0.1, 0.15) is 63.7 Å². The van der Waals surface area contributed by atoms with Gasteiger partial charge in [-0.25, -0.2) is 0 Å². The van der Waals surface area contributed by atoms with E-state index in [0.29, 0.717) is 17.8 Å². The Balaban J connectivity index is 0.00000168. The quantitative estimate of drug-likeness (QED) is 0.401. The van der Waals surface area contributed by atoms with Crippen LogP contribution in [0.2, 0.25) is 0 Å². The van der Waals surface area contributed by atoms with Crippen LogP contribution in [0.25, 0.3) is 6.08 Å². The van der Waals surface area contributed by atoms with Gasteiger partial charge >= 0.3 is 27.3 Å². The van der Waals surface area contributed by atoms with Crippen LogP contribution in [0, 0.1) is 40.9 Å². The zero-order chi connectivity index (χ0) is 17.4. The second-order valence-corrected chi connectivity index (χ2v) is 9.39. The summed E-state index contributed by atoms with van der Waals surface area (Å²) in [5, 5.41) is 15.1. The summed E-state index contributed by atoms with van der Waals surface area (Å²) in [5.74, 6) is 5.64. The van der Waals surface area contributed by atoms with Gasteiger partial charge in [0.1, 0.15) is 5.60 Å². The van der Waals surface area contributed by atoms with Crippen molar-refractivity contribution in [3.05, 3.63) is 23.1 Å². The molecule has 4 aliphatic carbocycles. The normalized spacial score (nSPS) is 45.9. The Morgan fingerprint density at radius 2 is 2.00 bits per heavy atom. The molecule has 5 rings (SSSR count). The van der Waals surface area contributed by atoms with Gasteiger partial charge in [-0.15, -0.1) is 6.42 Å². The number of aromatic nitrogens is 1. The molecule has 3 nitrogen and oxygen atoms in total. The summed E-state index contributed by atoms with van der Waals surface area (Å²) in [5.41, 5.74) is 1.99. The number of fused-ring (bicyclic) bond motifs is 6. The molecular formula is C22H29NO2Pb. The molecule has 0 aliphatic heterocycles. The number of hydrogen-bond donors (Lipinski definition) is 1. The first-order valence-corrected chi connectivity index (χ1v) is 9.76. The topological polar surface area (TPSA) is 46.3 Å². The van der Waals surface area contributed by atoms with E-state index in [4.69, 9.17) is 10.9 Å². The molecule has 3 fully saturated rings. The van der Waals surface area contributed by atoms with Crippen molar-refractivity contribution in [1.29, 1.82) is 0 Å². The molecule has 26 heavy (non-hydrogen) atoms. The number of nitrogens with zero attached hydrogens (tertiary/aromatic N) is 1. The molecule has 138 valence electrons. The molecule has 0 aromatic carbocycles. The Labute approximate surface area is 176 Å². The van der Waals surface area contributed by atoms with Crippen molar-refractivity contribution in [1.82, 2.24) is 5.16 Å². The zero-order valence-electron chi connectivity index (χ0n) is 15.9. The Kier molecular flexibility index (Phi) is 4.28. The van der Waals surface area contributed by atoms with Gasteiger partial charge in [-0.1, -0.05) is 30.5 Å². The Morgan fingerprint density at radius 1 is 1.23 bits per heavy atom. The van der Waals surface area contributed by atoms with Crippen LogP contribution in [0.15, 0.2) is 16.3 Å². The predicted octanol–water partition coefficient (Wildman–Crippen LogP) is 3.30. The van der Waals surface area contributed by atoms with Crippen LogP contribution in [-0.4, -0.2) is 43.2 Å². The van der Waals surface area contributed by atoms with Crippen LogP contribution in [-0.2, 0) is 6.42 Å².